The Bertz CT molecular complexity index is 188. The molecule has 0 bridgehead atoms. The minimum absolute atomic E-state index is 0.00236. The molecule has 2 atom stereocenters. The van der Waals surface area contributed by atoms with Crippen LogP contribution in [0.5, 0.6) is 0 Å². The van der Waals surface area contributed by atoms with Gasteiger partial charge in [-0.3, -0.25) is 4.90 Å². The molecule has 0 aromatic carbocycles. The number of nitrogens with zero attached hydrogens (tertiary/aromatic N) is 2. The molecule has 1 saturated heterocycles. The molecule has 0 amide bonds. The van der Waals surface area contributed by atoms with Crippen molar-refractivity contribution < 1.29 is 5.11 Å². The van der Waals surface area contributed by atoms with Crippen LogP contribution in [0.15, 0.2) is 0 Å². The van der Waals surface area contributed by atoms with Gasteiger partial charge in [0.1, 0.15) is 0 Å². The van der Waals surface area contributed by atoms with E-state index >= 15 is 0 Å². The van der Waals surface area contributed by atoms with Gasteiger partial charge in [0.05, 0.1) is 18.7 Å². The van der Waals surface area contributed by atoms with Gasteiger partial charge in [-0.15, -0.1) is 0 Å². The van der Waals surface area contributed by atoms with Gasteiger partial charge in [0.2, 0.25) is 0 Å². The first-order chi connectivity index (χ1) is 6.33. The van der Waals surface area contributed by atoms with Crippen molar-refractivity contribution in [2.45, 2.75) is 44.7 Å². The Labute approximate surface area is 80.0 Å². The van der Waals surface area contributed by atoms with Crippen molar-refractivity contribution in [1.29, 1.82) is 5.26 Å². The van der Waals surface area contributed by atoms with Crippen LogP contribution >= 0.6 is 0 Å². The van der Waals surface area contributed by atoms with Crippen LogP contribution in [0.4, 0.5) is 0 Å². The molecule has 0 saturated carbocycles. The number of hydrogen-bond donors (Lipinski definition) is 1. The molecule has 1 N–H and O–H groups in total. The molecule has 13 heavy (non-hydrogen) atoms. The second-order valence-corrected chi connectivity index (χ2v) is 3.62. The molecule has 0 spiro atoms. The Balaban J connectivity index is 2.58. The van der Waals surface area contributed by atoms with E-state index in [4.69, 9.17) is 10.4 Å². The quantitative estimate of drug-likeness (QED) is 0.712. The summed E-state index contributed by atoms with van der Waals surface area (Å²) in [4.78, 5) is 2.16. The predicted molar refractivity (Wildman–Crippen MR) is 51.1 cm³/mol. The third-order valence-electron chi connectivity index (χ3n) is 2.82. The number of nitriles is 1. The first-order valence-corrected chi connectivity index (χ1v) is 5.09. The molecule has 1 fully saturated rings. The number of piperidine rings is 1. The van der Waals surface area contributed by atoms with Crippen LogP contribution in [-0.2, 0) is 0 Å². The van der Waals surface area contributed by atoms with Gasteiger partial charge in [0.15, 0.2) is 0 Å². The van der Waals surface area contributed by atoms with E-state index in [1.165, 1.54) is 6.42 Å². The fourth-order valence-corrected chi connectivity index (χ4v) is 2.03. The monoisotopic (exact) mass is 182 g/mol. The number of hydrogen-bond acceptors (Lipinski definition) is 3. The first kappa shape index (κ1) is 10.5. The number of likely N-dealkylation sites (tertiary alicyclic amines) is 1. The van der Waals surface area contributed by atoms with Crippen molar-refractivity contribution in [3.8, 4) is 6.07 Å². The van der Waals surface area contributed by atoms with Crippen LogP contribution in [0.25, 0.3) is 0 Å². The van der Waals surface area contributed by atoms with Crippen molar-refractivity contribution >= 4 is 0 Å². The summed E-state index contributed by atoms with van der Waals surface area (Å²) in [5.41, 5.74) is 0. The average Bonchev–Trinajstić information content (AvgIpc) is 2.20. The lowest BCUT2D eigenvalue weighted by atomic mass is 10.00. The Kier molecular flexibility index (Phi) is 4.20. The third kappa shape index (κ3) is 2.43. The van der Waals surface area contributed by atoms with E-state index in [9.17, 15) is 0 Å². The number of aliphatic hydroxyl groups is 1. The fourth-order valence-electron chi connectivity index (χ4n) is 2.03. The standard InChI is InChI=1S/C10H18N2O/c1-2-9(7-11)12-6-4-3-5-10(12)8-13/h9-10,13H,2-6,8H2,1H3. The third-order valence-corrected chi connectivity index (χ3v) is 2.82. The van der Waals surface area contributed by atoms with Gasteiger partial charge >= 0.3 is 0 Å². The maximum absolute atomic E-state index is 9.15. The van der Waals surface area contributed by atoms with Crippen LogP contribution in [0.1, 0.15) is 32.6 Å². The lowest BCUT2D eigenvalue weighted by Crippen LogP contribution is -2.47. The zero-order valence-corrected chi connectivity index (χ0v) is 8.24. The van der Waals surface area contributed by atoms with Crippen molar-refractivity contribution in [1.82, 2.24) is 4.90 Å². The summed E-state index contributed by atoms with van der Waals surface area (Å²) in [6.45, 7) is 3.19. The Hall–Kier alpha value is -0.590. The smallest absolute Gasteiger partial charge is 0.0978 e. The summed E-state index contributed by atoms with van der Waals surface area (Å²) in [5, 5.41) is 18.1. The van der Waals surface area contributed by atoms with Gasteiger partial charge in [0, 0.05) is 6.04 Å². The van der Waals surface area contributed by atoms with Gasteiger partial charge in [-0.05, 0) is 25.8 Å². The molecule has 1 heterocycles. The molecule has 2 unspecified atom stereocenters. The van der Waals surface area contributed by atoms with E-state index in [1.54, 1.807) is 0 Å². The summed E-state index contributed by atoms with van der Waals surface area (Å²) in [6.07, 6.45) is 4.24. The maximum atomic E-state index is 9.15. The Morgan fingerprint density at radius 3 is 2.92 bits per heavy atom. The molecule has 1 aliphatic rings. The van der Waals surface area contributed by atoms with Crippen LogP contribution < -0.4 is 0 Å². The number of rotatable bonds is 3. The molecule has 3 heteroatoms. The average molecular weight is 182 g/mol. The lowest BCUT2D eigenvalue weighted by Gasteiger charge is -2.37. The van der Waals surface area contributed by atoms with E-state index in [0.29, 0.717) is 0 Å². The van der Waals surface area contributed by atoms with Crippen LogP contribution in [-0.4, -0.2) is 35.2 Å². The molecule has 0 aromatic rings. The summed E-state index contributed by atoms with van der Waals surface area (Å²) < 4.78 is 0. The molecule has 1 aliphatic heterocycles. The molecule has 1 rings (SSSR count). The molecule has 3 nitrogen and oxygen atoms in total. The zero-order valence-electron chi connectivity index (χ0n) is 8.24. The second kappa shape index (κ2) is 5.21. The van der Waals surface area contributed by atoms with Gasteiger partial charge in [-0.1, -0.05) is 13.3 Å². The summed E-state index contributed by atoms with van der Waals surface area (Å²) in [5.74, 6) is 0. The molecular formula is C10H18N2O. The van der Waals surface area contributed by atoms with E-state index in [1.807, 2.05) is 6.92 Å². The minimum atomic E-state index is -0.00236. The SMILES string of the molecule is CCC(C#N)N1CCCCC1CO. The van der Waals surface area contributed by atoms with Crippen molar-refractivity contribution in [3.63, 3.8) is 0 Å². The highest BCUT2D eigenvalue weighted by Crippen LogP contribution is 2.20. The normalized spacial score (nSPS) is 26.7. The Morgan fingerprint density at radius 1 is 1.62 bits per heavy atom. The molecular weight excluding hydrogens is 164 g/mol. The van der Waals surface area contributed by atoms with Crippen LogP contribution in [0.3, 0.4) is 0 Å². The first-order valence-electron chi connectivity index (χ1n) is 5.09. The molecule has 0 aromatic heterocycles. The minimum Gasteiger partial charge on any atom is -0.395 e. The van der Waals surface area contributed by atoms with E-state index in [0.717, 1.165) is 25.8 Å². The lowest BCUT2D eigenvalue weighted by molar-refractivity contribution is 0.0696. The predicted octanol–water partition coefficient (Wildman–Crippen LogP) is 1.14. The van der Waals surface area contributed by atoms with Crippen LogP contribution in [0.2, 0.25) is 0 Å². The Morgan fingerprint density at radius 2 is 2.38 bits per heavy atom. The number of aliphatic hydroxyl groups excluding tert-OH is 1. The summed E-state index contributed by atoms with van der Waals surface area (Å²) in [7, 11) is 0. The van der Waals surface area contributed by atoms with Crippen LogP contribution in [0, 0.1) is 11.3 Å². The van der Waals surface area contributed by atoms with Gasteiger partial charge in [-0.2, -0.15) is 5.26 Å². The van der Waals surface area contributed by atoms with E-state index in [-0.39, 0.29) is 18.7 Å². The van der Waals surface area contributed by atoms with Gasteiger partial charge in [-0.25, -0.2) is 0 Å². The molecule has 0 aliphatic carbocycles. The fraction of sp³-hybridized carbons (Fsp3) is 0.900. The highest BCUT2D eigenvalue weighted by Gasteiger charge is 2.26. The van der Waals surface area contributed by atoms with E-state index in [2.05, 4.69) is 11.0 Å². The van der Waals surface area contributed by atoms with E-state index < -0.39 is 0 Å². The van der Waals surface area contributed by atoms with Crippen molar-refractivity contribution in [2.75, 3.05) is 13.2 Å². The van der Waals surface area contributed by atoms with Crippen molar-refractivity contribution in [2.24, 2.45) is 0 Å². The topological polar surface area (TPSA) is 47.3 Å². The molecule has 0 radical (unpaired) electrons. The summed E-state index contributed by atoms with van der Waals surface area (Å²) >= 11 is 0. The highest BCUT2D eigenvalue weighted by atomic mass is 16.3. The largest absolute Gasteiger partial charge is 0.395 e. The maximum Gasteiger partial charge on any atom is 0.0978 e. The van der Waals surface area contributed by atoms with Crippen molar-refractivity contribution in [3.05, 3.63) is 0 Å². The second-order valence-electron chi connectivity index (χ2n) is 3.62. The van der Waals surface area contributed by atoms with Gasteiger partial charge < -0.3 is 5.11 Å². The summed E-state index contributed by atoms with van der Waals surface area (Å²) in [6, 6.07) is 2.52. The highest BCUT2D eigenvalue weighted by molar-refractivity contribution is 4.94. The zero-order chi connectivity index (χ0) is 9.68. The molecule has 74 valence electrons. The van der Waals surface area contributed by atoms with Gasteiger partial charge in [0.25, 0.3) is 0 Å².